The van der Waals surface area contributed by atoms with Crippen LogP contribution in [0.2, 0.25) is 0 Å². The highest BCUT2D eigenvalue weighted by Gasteiger charge is 2.38. The number of ether oxygens (including phenoxy) is 1. The van der Waals surface area contributed by atoms with Gasteiger partial charge in [-0.15, -0.1) is 0 Å². The van der Waals surface area contributed by atoms with Crippen molar-refractivity contribution in [2.45, 2.75) is 17.1 Å². The molecule has 1 heterocycles. The quantitative estimate of drug-likeness (QED) is 0.556. The van der Waals surface area contributed by atoms with Crippen LogP contribution in [0.4, 0.5) is 5.69 Å². The van der Waals surface area contributed by atoms with Gasteiger partial charge in [-0.25, -0.2) is 8.42 Å². The molecule has 2 atom stereocenters. The molecule has 0 saturated carbocycles. The van der Waals surface area contributed by atoms with Gasteiger partial charge in [0, 0.05) is 19.2 Å². The predicted octanol–water partition coefficient (Wildman–Crippen LogP) is -0.671. The van der Waals surface area contributed by atoms with Crippen molar-refractivity contribution in [3.05, 3.63) is 28.3 Å². The molecular formula is C11H14N2O7S. The molecule has 0 aliphatic carbocycles. The highest BCUT2D eigenvalue weighted by atomic mass is 32.2. The summed E-state index contributed by atoms with van der Waals surface area (Å²) < 4.78 is 30.4. The summed E-state index contributed by atoms with van der Waals surface area (Å²) in [5, 5.41) is 29.8. The molecular weight excluding hydrogens is 304 g/mol. The molecule has 21 heavy (non-hydrogen) atoms. The Bertz CT molecular complexity index is 651. The SMILES string of the molecule is COc1ccc(S(=O)(=O)N2CC(O)C(O)C2)cc1[N+](=O)[O-]. The maximum atomic E-state index is 12.3. The summed E-state index contributed by atoms with van der Waals surface area (Å²) in [5.74, 6) is -0.0551. The van der Waals surface area contributed by atoms with Crippen LogP contribution in [0.15, 0.2) is 23.1 Å². The molecule has 10 heteroatoms. The summed E-state index contributed by atoms with van der Waals surface area (Å²) in [4.78, 5) is 9.88. The molecule has 1 aromatic carbocycles. The van der Waals surface area contributed by atoms with E-state index in [4.69, 9.17) is 4.74 Å². The summed E-state index contributed by atoms with van der Waals surface area (Å²) in [6.45, 7) is -0.521. The van der Waals surface area contributed by atoms with Gasteiger partial charge in [-0.3, -0.25) is 10.1 Å². The summed E-state index contributed by atoms with van der Waals surface area (Å²) in [6, 6.07) is 3.26. The number of hydrogen-bond donors (Lipinski definition) is 2. The van der Waals surface area contributed by atoms with Gasteiger partial charge in [-0.05, 0) is 12.1 Å². The fourth-order valence-electron chi connectivity index (χ4n) is 2.05. The summed E-state index contributed by atoms with van der Waals surface area (Å²) in [6.07, 6.45) is -2.35. The lowest BCUT2D eigenvalue weighted by atomic mass is 10.3. The number of benzene rings is 1. The first-order valence-electron chi connectivity index (χ1n) is 5.96. The normalized spacial score (nSPS) is 23.2. The zero-order valence-corrected chi connectivity index (χ0v) is 11.9. The van der Waals surface area contributed by atoms with E-state index >= 15 is 0 Å². The van der Waals surface area contributed by atoms with E-state index in [0.717, 1.165) is 10.4 Å². The van der Waals surface area contributed by atoms with Gasteiger partial charge in [0.15, 0.2) is 5.75 Å². The molecule has 116 valence electrons. The third-order valence-electron chi connectivity index (χ3n) is 3.21. The molecule has 2 unspecified atom stereocenters. The second-order valence-corrected chi connectivity index (χ2v) is 6.49. The molecule has 0 radical (unpaired) electrons. The van der Waals surface area contributed by atoms with Crippen molar-refractivity contribution in [3.63, 3.8) is 0 Å². The van der Waals surface area contributed by atoms with Crippen molar-refractivity contribution in [1.29, 1.82) is 0 Å². The lowest BCUT2D eigenvalue weighted by Gasteiger charge is -2.15. The van der Waals surface area contributed by atoms with Crippen LogP contribution < -0.4 is 4.74 Å². The number of rotatable bonds is 4. The highest BCUT2D eigenvalue weighted by Crippen LogP contribution is 2.31. The van der Waals surface area contributed by atoms with Crippen LogP contribution >= 0.6 is 0 Å². The van der Waals surface area contributed by atoms with Gasteiger partial charge in [-0.2, -0.15) is 4.31 Å². The minimum Gasteiger partial charge on any atom is -0.490 e. The number of methoxy groups -OCH3 is 1. The minimum absolute atomic E-state index is 0.0551. The first-order valence-corrected chi connectivity index (χ1v) is 7.40. The van der Waals surface area contributed by atoms with E-state index < -0.39 is 32.8 Å². The number of aliphatic hydroxyl groups is 2. The van der Waals surface area contributed by atoms with Crippen molar-refractivity contribution < 1.29 is 28.3 Å². The maximum absolute atomic E-state index is 12.3. The Kier molecular flexibility index (Phi) is 4.14. The third-order valence-corrected chi connectivity index (χ3v) is 5.04. The number of β-amino-alcohol motifs (C(OH)–C–C–N with tert-alkyl or cyclic N) is 2. The first kappa shape index (κ1) is 15.6. The molecule has 0 spiro atoms. The zero-order valence-electron chi connectivity index (χ0n) is 11.0. The Balaban J connectivity index is 2.42. The Labute approximate surface area is 120 Å². The summed E-state index contributed by atoms with van der Waals surface area (Å²) in [7, 11) is -2.79. The Morgan fingerprint density at radius 3 is 2.38 bits per heavy atom. The molecule has 0 aromatic heterocycles. The van der Waals surface area contributed by atoms with Crippen molar-refractivity contribution in [2.75, 3.05) is 20.2 Å². The monoisotopic (exact) mass is 318 g/mol. The molecule has 0 amide bonds. The number of aliphatic hydroxyl groups excluding tert-OH is 2. The van der Waals surface area contributed by atoms with E-state index in [1.807, 2.05) is 0 Å². The maximum Gasteiger partial charge on any atom is 0.312 e. The lowest BCUT2D eigenvalue weighted by molar-refractivity contribution is -0.386. The van der Waals surface area contributed by atoms with Crippen LogP contribution in [0.1, 0.15) is 0 Å². The topological polar surface area (TPSA) is 130 Å². The number of sulfonamides is 1. The largest absolute Gasteiger partial charge is 0.490 e. The van der Waals surface area contributed by atoms with E-state index in [9.17, 15) is 28.7 Å². The number of nitro groups is 1. The lowest BCUT2D eigenvalue weighted by Crippen LogP contribution is -2.30. The highest BCUT2D eigenvalue weighted by molar-refractivity contribution is 7.89. The smallest absolute Gasteiger partial charge is 0.312 e. The number of hydrogen-bond acceptors (Lipinski definition) is 7. The van der Waals surface area contributed by atoms with Gasteiger partial charge in [0.25, 0.3) is 0 Å². The van der Waals surface area contributed by atoms with Gasteiger partial charge in [0.2, 0.25) is 10.0 Å². The van der Waals surface area contributed by atoms with Crippen molar-refractivity contribution in [3.8, 4) is 5.75 Å². The van der Waals surface area contributed by atoms with E-state index in [2.05, 4.69) is 0 Å². The molecule has 9 nitrogen and oxygen atoms in total. The van der Waals surface area contributed by atoms with Crippen LogP contribution in [0.25, 0.3) is 0 Å². The fraction of sp³-hybridized carbons (Fsp3) is 0.455. The minimum atomic E-state index is -4.03. The van der Waals surface area contributed by atoms with E-state index in [1.54, 1.807) is 0 Å². The molecule has 2 rings (SSSR count). The number of nitro benzene ring substituents is 1. The van der Waals surface area contributed by atoms with E-state index in [0.29, 0.717) is 0 Å². The van der Waals surface area contributed by atoms with Gasteiger partial charge in [0.1, 0.15) is 0 Å². The molecule has 0 bridgehead atoms. The number of nitrogens with zero attached hydrogens (tertiary/aromatic N) is 2. The first-order chi connectivity index (χ1) is 9.77. The standard InChI is InChI=1S/C11H14N2O7S/c1-20-11-3-2-7(4-8(11)13(16)17)21(18,19)12-5-9(14)10(15)6-12/h2-4,9-10,14-15H,5-6H2,1H3. The van der Waals surface area contributed by atoms with Gasteiger partial charge >= 0.3 is 5.69 Å². The Morgan fingerprint density at radius 1 is 1.33 bits per heavy atom. The van der Waals surface area contributed by atoms with Gasteiger partial charge < -0.3 is 14.9 Å². The summed E-state index contributed by atoms with van der Waals surface area (Å²) >= 11 is 0. The molecule has 1 aromatic rings. The molecule has 1 aliphatic rings. The van der Waals surface area contributed by atoms with Crippen LogP contribution in [-0.4, -0.2) is 60.3 Å². The van der Waals surface area contributed by atoms with Crippen molar-refractivity contribution in [2.24, 2.45) is 0 Å². The third kappa shape index (κ3) is 2.83. The van der Waals surface area contributed by atoms with E-state index in [-0.39, 0.29) is 23.7 Å². The Morgan fingerprint density at radius 2 is 1.90 bits per heavy atom. The average Bonchev–Trinajstić information content (AvgIpc) is 2.78. The van der Waals surface area contributed by atoms with Crippen LogP contribution in [0, 0.1) is 10.1 Å². The second kappa shape index (κ2) is 5.56. The fourth-order valence-corrected chi connectivity index (χ4v) is 3.55. The molecule has 1 fully saturated rings. The van der Waals surface area contributed by atoms with Crippen LogP contribution in [0.5, 0.6) is 5.75 Å². The van der Waals surface area contributed by atoms with Gasteiger partial charge in [0.05, 0.1) is 29.1 Å². The average molecular weight is 318 g/mol. The van der Waals surface area contributed by atoms with E-state index in [1.165, 1.54) is 19.2 Å². The molecule has 2 N–H and O–H groups in total. The molecule has 1 saturated heterocycles. The Hall–Kier alpha value is -1.75. The predicted molar refractivity (Wildman–Crippen MR) is 70.4 cm³/mol. The summed E-state index contributed by atoms with van der Waals surface area (Å²) in [5.41, 5.74) is -0.473. The van der Waals surface area contributed by atoms with Crippen molar-refractivity contribution in [1.82, 2.24) is 4.31 Å². The zero-order chi connectivity index (χ0) is 15.8. The second-order valence-electron chi connectivity index (χ2n) is 4.55. The van der Waals surface area contributed by atoms with Crippen molar-refractivity contribution >= 4 is 15.7 Å². The van der Waals surface area contributed by atoms with Gasteiger partial charge in [-0.1, -0.05) is 0 Å². The molecule has 1 aliphatic heterocycles. The van der Waals surface area contributed by atoms with Crippen LogP contribution in [-0.2, 0) is 10.0 Å². The van der Waals surface area contributed by atoms with Crippen LogP contribution in [0.3, 0.4) is 0 Å².